The molecule has 0 N–H and O–H groups in total. The number of benzene rings is 1. The molecule has 0 saturated carbocycles. The predicted molar refractivity (Wildman–Crippen MR) is 82.1 cm³/mol. The highest BCUT2D eigenvalue weighted by molar-refractivity contribution is 6.16. The Hall–Kier alpha value is -1.87. The lowest BCUT2D eigenvalue weighted by Gasteiger charge is -2.16. The first kappa shape index (κ1) is 13.1. The Morgan fingerprint density at radius 3 is 2.70 bits per heavy atom. The number of hydrogen-bond donors (Lipinski definition) is 0. The molecule has 4 heteroatoms. The summed E-state index contributed by atoms with van der Waals surface area (Å²) < 4.78 is 2.12. The first-order valence-corrected chi connectivity index (χ1v) is 7.18. The Kier molecular flexibility index (Phi) is 3.45. The second-order valence-corrected chi connectivity index (χ2v) is 5.24. The second kappa shape index (κ2) is 5.25. The van der Waals surface area contributed by atoms with Crippen LogP contribution in [0.15, 0.2) is 42.6 Å². The summed E-state index contributed by atoms with van der Waals surface area (Å²) in [7, 11) is 0. The topological polar surface area (TPSA) is 30.7 Å². The van der Waals surface area contributed by atoms with Crippen molar-refractivity contribution in [2.75, 3.05) is 0 Å². The SMILES string of the molecule is Cc1cnc2c(c1)nc(CCl)n2C(C)c1ccccc1. The molecule has 2 heterocycles. The zero-order valence-electron chi connectivity index (χ0n) is 11.5. The molecule has 0 aliphatic heterocycles. The normalized spacial score (nSPS) is 12.8. The van der Waals surface area contributed by atoms with Crippen LogP contribution in [0, 0.1) is 6.92 Å². The molecule has 0 bridgehead atoms. The van der Waals surface area contributed by atoms with Crippen LogP contribution in [0.1, 0.15) is 29.9 Å². The van der Waals surface area contributed by atoms with Crippen molar-refractivity contribution in [1.29, 1.82) is 0 Å². The number of halogens is 1. The third-order valence-electron chi connectivity index (χ3n) is 3.53. The van der Waals surface area contributed by atoms with Crippen molar-refractivity contribution in [2.45, 2.75) is 25.8 Å². The van der Waals surface area contributed by atoms with E-state index >= 15 is 0 Å². The Labute approximate surface area is 123 Å². The van der Waals surface area contributed by atoms with Gasteiger partial charge in [-0.2, -0.15) is 0 Å². The van der Waals surface area contributed by atoms with Crippen LogP contribution in [0.4, 0.5) is 0 Å². The molecule has 102 valence electrons. The van der Waals surface area contributed by atoms with Crippen LogP contribution < -0.4 is 0 Å². The maximum absolute atomic E-state index is 6.06. The van der Waals surface area contributed by atoms with E-state index in [1.54, 1.807) is 0 Å². The molecule has 3 aromatic rings. The summed E-state index contributed by atoms with van der Waals surface area (Å²) in [6.07, 6.45) is 1.87. The number of pyridine rings is 1. The number of aromatic nitrogens is 3. The fourth-order valence-corrected chi connectivity index (χ4v) is 2.70. The molecule has 0 fully saturated rings. The highest BCUT2D eigenvalue weighted by Gasteiger charge is 2.17. The number of hydrogen-bond acceptors (Lipinski definition) is 2. The van der Waals surface area contributed by atoms with Crippen molar-refractivity contribution < 1.29 is 0 Å². The van der Waals surface area contributed by atoms with Crippen LogP contribution in [0.25, 0.3) is 11.2 Å². The van der Waals surface area contributed by atoms with Gasteiger partial charge in [0.2, 0.25) is 0 Å². The standard InChI is InChI=1S/C16H16ClN3/c1-11-8-14-16(18-10-11)20(15(9-17)19-14)12(2)13-6-4-3-5-7-13/h3-8,10,12H,9H2,1-2H3. The van der Waals surface area contributed by atoms with Gasteiger partial charge in [-0.3, -0.25) is 0 Å². The minimum Gasteiger partial charge on any atom is -0.304 e. The van der Waals surface area contributed by atoms with Gasteiger partial charge in [0.1, 0.15) is 11.3 Å². The van der Waals surface area contributed by atoms with Crippen molar-refractivity contribution in [1.82, 2.24) is 14.5 Å². The van der Waals surface area contributed by atoms with Crippen LogP contribution in [-0.2, 0) is 5.88 Å². The quantitative estimate of drug-likeness (QED) is 0.679. The van der Waals surface area contributed by atoms with Gasteiger partial charge in [-0.1, -0.05) is 30.3 Å². The summed E-state index contributed by atoms with van der Waals surface area (Å²) in [5.41, 5.74) is 4.13. The lowest BCUT2D eigenvalue weighted by molar-refractivity contribution is 0.629. The maximum Gasteiger partial charge on any atom is 0.160 e. The molecule has 1 atom stereocenters. The zero-order chi connectivity index (χ0) is 14.1. The van der Waals surface area contributed by atoms with Crippen molar-refractivity contribution in [3.05, 3.63) is 59.5 Å². The van der Waals surface area contributed by atoms with Gasteiger partial charge < -0.3 is 4.57 Å². The molecule has 1 aromatic carbocycles. The molecule has 0 aliphatic carbocycles. The van der Waals surface area contributed by atoms with E-state index in [9.17, 15) is 0 Å². The molecular formula is C16H16ClN3. The highest BCUT2D eigenvalue weighted by atomic mass is 35.5. The monoisotopic (exact) mass is 285 g/mol. The minimum absolute atomic E-state index is 0.158. The molecule has 0 aliphatic rings. The minimum atomic E-state index is 0.158. The van der Waals surface area contributed by atoms with Gasteiger partial charge in [-0.05, 0) is 31.0 Å². The predicted octanol–water partition coefficient (Wildman–Crippen LogP) is 4.09. The van der Waals surface area contributed by atoms with Crippen molar-refractivity contribution in [3.63, 3.8) is 0 Å². The Morgan fingerprint density at radius 2 is 2.00 bits per heavy atom. The summed E-state index contributed by atoms with van der Waals surface area (Å²) in [6, 6.07) is 12.5. The molecular weight excluding hydrogens is 270 g/mol. The van der Waals surface area contributed by atoms with E-state index in [0.717, 1.165) is 22.6 Å². The average Bonchev–Trinajstić information content (AvgIpc) is 2.84. The van der Waals surface area contributed by atoms with Crippen LogP contribution >= 0.6 is 11.6 Å². The number of fused-ring (bicyclic) bond motifs is 1. The van der Waals surface area contributed by atoms with Gasteiger partial charge in [-0.15, -0.1) is 11.6 Å². The van der Waals surface area contributed by atoms with Crippen LogP contribution in [0.2, 0.25) is 0 Å². The Balaban J connectivity index is 2.19. The van der Waals surface area contributed by atoms with Crippen LogP contribution in [-0.4, -0.2) is 14.5 Å². The molecule has 0 amide bonds. The average molecular weight is 286 g/mol. The molecule has 20 heavy (non-hydrogen) atoms. The molecule has 2 aromatic heterocycles. The van der Waals surface area contributed by atoms with Crippen molar-refractivity contribution in [3.8, 4) is 0 Å². The van der Waals surface area contributed by atoms with E-state index in [1.807, 2.05) is 37.4 Å². The van der Waals surface area contributed by atoms with E-state index in [1.165, 1.54) is 5.56 Å². The summed E-state index contributed by atoms with van der Waals surface area (Å²) in [5.74, 6) is 1.24. The fraction of sp³-hybridized carbons (Fsp3) is 0.250. The molecule has 1 unspecified atom stereocenters. The first-order chi connectivity index (χ1) is 9.70. The fourth-order valence-electron chi connectivity index (χ4n) is 2.51. The Morgan fingerprint density at radius 1 is 1.25 bits per heavy atom. The molecule has 3 nitrogen and oxygen atoms in total. The van der Waals surface area contributed by atoms with E-state index < -0.39 is 0 Å². The molecule has 0 saturated heterocycles. The smallest absolute Gasteiger partial charge is 0.160 e. The lowest BCUT2D eigenvalue weighted by Crippen LogP contribution is -2.10. The first-order valence-electron chi connectivity index (χ1n) is 6.65. The van der Waals surface area contributed by atoms with Crippen LogP contribution in [0.3, 0.4) is 0 Å². The summed E-state index contributed by atoms with van der Waals surface area (Å²) in [5, 5.41) is 0. The van der Waals surface area contributed by atoms with Crippen molar-refractivity contribution >= 4 is 22.8 Å². The number of imidazole rings is 1. The summed E-state index contributed by atoms with van der Waals surface area (Å²) >= 11 is 6.06. The molecule has 0 spiro atoms. The molecule has 0 radical (unpaired) electrons. The van der Waals surface area contributed by atoms with Gasteiger partial charge in [0.25, 0.3) is 0 Å². The van der Waals surface area contributed by atoms with Gasteiger partial charge in [0.05, 0.1) is 11.9 Å². The van der Waals surface area contributed by atoms with E-state index in [-0.39, 0.29) is 6.04 Å². The van der Waals surface area contributed by atoms with Gasteiger partial charge >= 0.3 is 0 Å². The van der Waals surface area contributed by atoms with E-state index in [2.05, 4.69) is 33.6 Å². The van der Waals surface area contributed by atoms with Gasteiger partial charge in [0, 0.05) is 6.20 Å². The Bertz CT molecular complexity index is 734. The number of aryl methyl sites for hydroxylation is 1. The number of alkyl halides is 1. The molecule has 3 rings (SSSR count). The third kappa shape index (κ3) is 2.18. The second-order valence-electron chi connectivity index (χ2n) is 4.97. The van der Waals surface area contributed by atoms with E-state index in [4.69, 9.17) is 11.6 Å². The van der Waals surface area contributed by atoms with Gasteiger partial charge in [-0.25, -0.2) is 9.97 Å². The zero-order valence-corrected chi connectivity index (χ0v) is 12.3. The lowest BCUT2D eigenvalue weighted by atomic mass is 10.1. The largest absolute Gasteiger partial charge is 0.304 e. The summed E-state index contributed by atoms with van der Waals surface area (Å²) in [6.45, 7) is 4.17. The number of rotatable bonds is 3. The van der Waals surface area contributed by atoms with E-state index in [0.29, 0.717) is 5.88 Å². The number of nitrogens with zero attached hydrogens (tertiary/aromatic N) is 3. The summed E-state index contributed by atoms with van der Waals surface area (Å²) in [4.78, 5) is 9.14. The van der Waals surface area contributed by atoms with Crippen molar-refractivity contribution in [2.24, 2.45) is 0 Å². The van der Waals surface area contributed by atoms with Gasteiger partial charge in [0.15, 0.2) is 5.65 Å². The van der Waals surface area contributed by atoms with Crippen LogP contribution in [0.5, 0.6) is 0 Å². The maximum atomic E-state index is 6.06. The highest BCUT2D eigenvalue weighted by Crippen LogP contribution is 2.25. The third-order valence-corrected chi connectivity index (χ3v) is 3.77.